The topological polar surface area (TPSA) is 78.9 Å². The first kappa shape index (κ1) is 16.5. The summed E-state index contributed by atoms with van der Waals surface area (Å²) >= 11 is 0. The van der Waals surface area contributed by atoms with Crippen LogP contribution in [0.2, 0.25) is 0 Å². The third-order valence-corrected chi connectivity index (χ3v) is 3.67. The summed E-state index contributed by atoms with van der Waals surface area (Å²) < 4.78 is 5.25. The van der Waals surface area contributed by atoms with Crippen LogP contribution in [-0.2, 0) is 20.7 Å². The van der Waals surface area contributed by atoms with Crippen molar-refractivity contribution in [3.63, 3.8) is 0 Å². The van der Waals surface area contributed by atoms with Crippen LogP contribution in [0.4, 0.5) is 0 Å². The summed E-state index contributed by atoms with van der Waals surface area (Å²) in [5.74, 6) is -1.24. The van der Waals surface area contributed by atoms with Gasteiger partial charge < -0.3 is 15.2 Å². The molecule has 0 unspecified atom stereocenters. The second kappa shape index (κ2) is 8.51. The zero-order valence-electron chi connectivity index (χ0n) is 12.5. The summed E-state index contributed by atoms with van der Waals surface area (Å²) in [5.41, 5.74) is 0.892. The molecule has 6 nitrogen and oxygen atoms in total. The Hall–Kier alpha value is -1.92. The predicted octanol–water partition coefficient (Wildman–Crippen LogP) is 0.521. The van der Waals surface area contributed by atoms with Gasteiger partial charge in [-0.25, -0.2) is 4.79 Å². The second-order valence-corrected chi connectivity index (χ2v) is 5.35. The fourth-order valence-corrected chi connectivity index (χ4v) is 2.40. The molecule has 0 aromatic heterocycles. The molecule has 1 saturated heterocycles. The summed E-state index contributed by atoms with van der Waals surface area (Å²) in [5, 5.41) is 11.9. The molecule has 6 heteroatoms. The highest BCUT2D eigenvalue weighted by Gasteiger charge is 2.21. The predicted molar refractivity (Wildman–Crippen MR) is 81.6 cm³/mol. The molecule has 1 atom stereocenters. The second-order valence-electron chi connectivity index (χ2n) is 5.35. The molecule has 1 fully saturated rings. The Balaban J connectivity index is 1.79. The number of carboxylic acid groups (broad SMARTS) is 1. The van der Waals surface area contributed by atoms with Crippen molar-refractivity contribution in [2.24, 2.45) is 0 Å². The van der Waals surface area contributed by atoms with Crippen molar-refractivity contribution in [3.8, 4) is 0 Å². The molecule has 1 heterocycles. The highest BCUT2D eigenvalue weighted by molar-refractivity contribution is 5.83. The number of amides is 1. The van der Waals surface area contributed by atoms with Crippen molar-refractivity contribution in [2.45, 2.75) is 18.9 Å². The fourth-order valence-electron chi connectivity index (χ4n) is 2.40. The minimum atomic E-state index is -1.01. The Bertz CT molecular complexity index is 486. The summed E-state index contributed by atoms with van der Waals surface area (Å²) in [6, 6.07) is 8.41. The van der Waals surface area contributed by atoms with Crippen molar-refractivity contribution < 1.29 is 19.4 Å². The zero-order chi connectivity index (χ0) is 15.8. The van der Waals surface area contributed by atoms with Crippen LogP contribution < -0.4 is 5.32 Å². The van der Waals surface area contributed by atoms with E-state index in [1.165, 1.54) is 0 Å². The lowest BCUT2D eigenvalue weighted by Crippen LogP contribution is -2.44. The molecule has 0 saturated carbocycles. The van der Waals surface area contributed by atoms with Crippen molar-refractivity contribution in [2.75, 3.05) is 32.8 Å². The number of carbonyl (C=O) groups is 2. The maximum Gasteiger partial charge on any atom is 0.326 e. The Morgan fingerprint density at radius 1 is 1.23 bits per heavy atom. The maximum atomic E-state index is 12.0. The average molecular weight is 306 g/mol. The normalized spacial score (nSPS) is 16.9. The number of carboxylic acids is 1. The molecule has 0 aliphatic carbocycles. The van der Waals surface area contributed by atoms with E-state index >= 15 is 0 Å². The Morgan fingerprint density at radius 2 is 1.91 bits per heavy atom. The van der Waals surface area contributed by atoms with Crippen LogP contribution in [0.15, 0.2) is 30.3 Å². The van der Waals surface area contributed by atoms with Gasteiger partial charge in [-0.3, -0.25) is 9.69 Å². The lowest BCUT2D eigenvalue weighted by atomic mass is 10.1. The number of carbonyl (C=O) groups excluding carboxylic acids is 1. The van der Waals surface area contributed by atoms with Crippen LogP contribution in [0.5, 0.6) is 0 Å². The van der Waals surface area contributed by atoms with E-state index in [0.29, 0.717) is 32.6 Å². The van der Waals surface area contributed by atoms with Crippen LogP contribution in [0.1, 0.15) is 12.0 Å². The van der Waals surface area contributed by atoms with Gasteiger partial charge in [-0.1, -0.05) is 30.3 Å². The molecule has 0 bridgehead atoms. The first-order valence-corrected chi connectivity index (χ1v) is 7.51. The van der Waals surface area contributed by atoms with Gasteiger partial charge in [0.15, 0.2) is 0 Å². The molecular weight excluding hydrogens is 284 g/mol. The standard InChI is InChI=1S/C16H22N2O4/c19-15(6-7-18-8-10-22-11-9-18)17-14(16(20)21)12-13-4-2-1-3-5-13/h1-5,14H,6-12H2,(H,17,19)(H,20,21)/t14-/m0/s1. The first-order valence-electron chi connectivity index (χ1n) is 7.51. The molecule has 1 amide bonds. The van der Waals surface area contributed by atoms with Gasteiger partial charge in [-0.2, -0.15) is 0 Å². The molecule has 1 aromatic carbocycles. The van der Waals surface area contributed by atoms with E-state index in [4.69, 9.17) is 4.74 Å². The van der Waals surface area contributed by atoms with Gasteiger partial charge in [-0.15, -0.1) is 0 Å². The smallest absolute Gasteiger partial charge is 0.326 e. The quantitative estimate of drug-likeness (QED) is 0.768. The van der Waals surface area contributed by atoms with Gasteiger partial charge in [-0.05, 0) is 5.56 Å². The van der Waals surface area contributed by atoms with Gasteiger partial charge in [0.2, 0.25) is 5.91 Å². The lowest BCUT2D eigenvalue weighted by molar-refractivity contribution is -0.141. The highest BCUT2D eigenvalue weighted by Crippen LogP contribution is 2.04. The van der Waals surface area contributed by atoms with Gasteiger partial charge in [0.25, 0.3) is 0 Å². The summed E-state index contributed by atoms with van der Waals surface area (Å²) in [6.07, 6.45) is 0.595. The first-order chi connectivity index (χ1) is 10.6. The highest BCUT2D eigenvalue weighted by atomic mass is 16.5. The van der Waals surface area contributed by atoms with Gasteiger partial charge >= 0.3 is 5.97 Å². The largest absolute Gasteiger partial charge is 0.480 e. The van der Waals surface area contributed by atoms with Crippen molar-refractivity contribution in [1.29, 1.82) is 0 Å². The molecule has 0 spiro atoms. The van der Waals surface area contributed by atoms with E-state index in [0.717, 1.165) is 18.7 Å². The van der Waals surface area contributed by atoms with Crippen LogP contribution in [0, 0.1) is 0 Å². The summed E-state index contributed by atoms with van der Waals surface area (Å²) in [4.78, 5) is 25.4. The van der Waals surface area contributed by atoms with E-state index in [9.17, 15) is 14.7 Å². The number of nitrogens with one attached hydrogen (secondary N) is 1. The van der Waals surface area contributed by atoms with Crippen LogP contribution >= 0.6 is 0 Å². The van der Waals surface area contributed by atoms with Crippen LogP contribution in [-0.4, -0.2) is 60.8 Å². The van der Waals surface area contributed by atoms with Gasteiger partial charge in [0, 0.05) is 32.5 Å². The monoisotopic (exact) mass is 306 g/mol. The van der Waals surface area contributed by atoms with E-state index < -0.39 is 12.0 Å². The number of rotatable bonds is 7. The van der Waals surface area contributed by atoms with E-state index in [1.54, 1.807) is 0 Å². The van der Waals surface area contributed by atoms with Gasteiger partial charge in [0.1, 0.15) is 6.04 Å². The Morgan fingerprint density at radius 3 is 2.55 bits per heavy atom. The molecule has 2 rings (SSSR count). The molecular formula is C16H22N2O4. The van der Waals surface area contributed by atoms with E-state index in [2.05, 4.69) is 10.2 Å². The van der Waals surface area contributed by atoms with Crippen molar-refractivity contribution in [3.05, 3.63) is 35.9 Å². The Kier molecular flexibility index (Phi) is 6.36. The third kappa shape index (κ3) is 5.46. The molecule has 0 radical (unpaired) electrons. The number of ether oxygens (including phenoxy) is 1. The number of benzene rings is 1. The summed E-state index contributed by atoms with van der Waals surface area (Å²) in [6.45, 7) is 3.65. The summed E-state index contributed by atoms with van der Waals surface area (Å²) in [7, 11) is 0. The molecule has 1 aliphatic rings. The molecule has 2 N–H and O–H groups in total. The molecule has 22 heavy (non-hydrogen) atoms. The van der Waals surface area contributed by atoms with Crippen molar-refractivity contribution >= 4 is 11.9 Å². The number of hydrogen-bond donors (Lipinski definition) is 2. The van der Waals surface area contributed by atoms with E-state index in [-0.39, 0.29) is 5.91 Å². The van der Waals surface area contributed by atoms with E-state index in [1.807, 2.05) is 30.3 Å². The zero-order valence-corrected chi connectivity index (χ0v) is 12.5. The maximum absolute atomic E-state index is 12.0. The fraction of sp³-hybridized carbons (Fsp3) is 0.500. The van der Waals surface area contributed by atoms with Crippen molar-refractivity contribution in [1.82, 2.24) is 10.2 Å². The third-order valence-electron chi connectivity index (χ3n) is 3.67. The minimum absolute atomic E-state index is 0.227. The number of hydrogen-bond acceptors (Lipinski definition) is 4. The number of morpholine rings is 1. The lowest BCUT2D eigenvalue weighted by Gasteiger charge is -2.26. The SMILES string of the molecule is O=C(CCN1CCOCC1)N[C@@H](Cc1ccccc1)C(=O)O. The van der Waals surface area contributed by atoms with Crippen LogP contribution in [0.25, 0.3) is 0 Å². The van der Waals surface area contributed by atoms with Crippen LogP contribution in [0.3, 0.4) is 0 Å². The average Bonchev–Trinajstić information content (AvgIpc) is 2.54. The number of nitrogens with zero attached hydrogens (tertiary/aromatic N) is 1. The Labute approximate surface area is 130 Å². The minimum Gasteiger partial charge on any atom is -0.480 e. The molecule has 120 valence electrons. The van der Waals surface area contributed by atoms with Gasteiger partial charge in [0.05, 0.1) is 13.2 Å². The molecule has 1 aliphatic heterocycles. The molecule has 1 aromatic rings. The number of aliphatic carboxylic acids is 1.